The van der Waals surface area contributed by atoms with Crippen LogP contribution in [0, 0.1) is 6.92 Å². The van der Waals surface area contributed by atoms with Crippen LogP contribution in [0.4, 0.5) is 0 Å². The number of benzene rings is 2. The molecule has 3 aromatic rings. The Morgan fingerprint density at radius 2 is 1.67 bits per heavy atom. The summed E-state index contributed by atoms with van der Waals surface area (Å²) in [5.41, 5.74) is 4.58. The van der Waals surface area contributed by atoms with Gasteiger partial charge in [0.2, 0.25) is 0 Å². The number of hydrogen-bond acceptors (Lipinski definition) is 5. The van der Waals surface area contributed by atoms with Crippen molar-refractivity contribution in [3.8, 4) is 5.75 Å². The van der Waals surface area contributed by atoms with Gasteiger partial charge in [0, 0.05) is 12.8 Å². The van der Waals surface area contributed by atoms with Crippen molar-refractivity contribution in [1.82, 2.24) is 9.97 Å². The minimum atomic E-state index is -0.128. The molecule has 1 unspecified atom stereocenters. The van der Waals surface area contributed by atoms with Gasteiger partial charge in [-0.3, -0.25) is 0 Å². The Morgan fingerprint density at radius 1 is 1.00 bits per heavy atom. The van der Waals surface area contributed by atoms with Gasteiger partial charge in [-0.2, -0.15) is 0 Å². The van der Waals surface area contributed by atoms with Gasteiger partial charge in [-0.15, -0.1) is 0 Å². The molecule has 1 aromatic heterocycles. The summed E-state index contributed by atoms with van der Waals surface area (Å²) in [5, 5.41) is 0. The SMILES string of the molecule is CCOC(C)c1nccc(COc2ccc(C3(c4ccc(C)cc4)COC3)cc2)n1. The molecular formula is C25H28N2O3. The Kier molecular flexibility index (Phi) is 6.11. The van der Waals surface area contributed by atoms with Crippen LogP contribution < -0.4 is 4.74 Å². The van der Waals surface area contributed by atoms with Gasteiger partial charge >= 0.3 is 0 Å². The summed E-state index contributed by atoms with van der Waals surface area (Å²) < 4.78 is 17.1. The number of ether oxygens (including phenoxy) is 3. The Labute approximate surface area is 178 Å². The van der Waals surface area contributed by atoms with E-state index in [0.29, 0.717) is 32.3 Å². The largest absolute Gasteiger partial charge is 0.487 e. The lowest BCUT2D eigenvalue weighted by molar-refractivity contribution is -0.0380. The Morgan fingerprint density at radius 3 is 2.27 bits per heavy atom. The minimum Gasteiger partial charge on any atom is -0.487 e. The van der Waals surface area contributed by atoms with Crippen molar-refractivity contribution in [2.45, 2.75) is 38.9 Å². The first kappa shape index (κ1) is 20.5. The van der Waals surface area contributed by atoms with Gasteiger partial charge in [0.25, 0.3) is 0 Å². The third kappa shape index (κ3) is 4.23. The zero-order chi connectivity index (χ0) is 21.0. The van der Waals surface area contributed by atoms with Gasteiger partial charge in [0.15, 0.2) is 5.82 Å². The molecular weight excluding hydrogens is 376 g/mol. The lowest BCUT2D eigenvalue weighted by atomic mass is 9.73. The average Bonchev–Trinajstić information content (AvgIpc) is 2.74. The van der Waals surface area contributed by atoms with Gasteiger partial charge in [0.1, 0.15) is 18.5 Å². The molecule has 2 heterocycles. The van der Waals surface area contributed by atoms with E-state index in [2.05, 4.69) is 53.3 Å². The van der Waals surface area contributed by atoms with Crippen molar-refractivity contribution in [2.24, 2.45) is 0 Å². The van der Waals surface area contributed by atoms with Gasteiger partial charge in [-0.1, -0.05) is 42.0 Å². The fraction of sp³-hybridized carbons (Fsp3) is 0.360. The second-order valence-corrected chi connectivity index (χ2v) is 7.76. The first-order chi connectivity index (χ1) is 14.6. The second-order valence-electron chi connectivity index (χ2n) is 7.76. The van der Waals surface area contributed by atoms with Gasteiger partial charge in [-0.05, 0) is 50.1 Å². The molecule has 1 aliphatic heterocycles. The van der Waals surface area contributed by atoms with Gasteiger partial charge < -0.3 is 14.2 Å². The van der Waals surface area contributed by atoms with E-state index in [1.165, 1.54) is 16.7 Å². The normalized spacial score (nSPS) is 16.0. The van der Waals surface area contributed by atoms with Crippen LogP contribution in [0.2, 0.25) is 0 Å². The third-order valence-electron chi connectivity index (χ3n) is 5.61. The van der Waals surface area contributed by atoms with Crippen molar-refractivity contribution in [1.29, 1.82) is 0 Å². The highest BCUT2D eigenvalue weighted by Crippen LogP contribution is 2.39. The van der Waals surface area contributed by atoms with E-state index in [4.69, 9.17) is 14.2 Å². The van der Waals surface area contributed by atoms with Crippen LogP contribution in [-0.2, 0) is 21.5 Å². The molecule has 5 heteroatoms. The van der Waals surface area contributed by atoms with Crippen LogP contribution in [-0.4, -0.2) is 29.8 Å². The van der Waals surface area contributed by atoms with Crippen LogP contribution in [0.25, 0.3) is 0 Å². The first-order valence-corrected chi connectivity index (χ1v) is 10.4. The van der Waals surface area contributed by atoms with Crippen molar-refractivity contribution in [2.75, 3.05) is 19.8 Å². The Hall–Kier alpha value is -2.76. The highest BCUT2D eigenvalue weighted by Gasteiger charge is 2.41. The van der Waals surface area contributed by atoms with Crippen LogP contribution in [0.5, 0.6) is 5.75 Å². The zero-order valence-electron chi connectivity index (χ0n) is 17.8. The molecule has 0 spiro atoms. The summed E-state index contributed by atoms with van der Waals surface area (Å²) >= 11 is 0. The number of aryl methyl sites for hydroxylation is 1. The Bertz CT molecular complexity index is 966. The zero-order valence-corrected chi connectivity index (χ0v) is 17.8. The quantitative estimate of drug-likeness (QED) is 0.541. The molecule has 0 radical (unpaired) electrons. The molecule has 0 amide bonds. The lowest BCUT2D eigenvalue weighted by Gasteiger charge is -2.42. The van der Waals surface area contributed by atoms with Gasteiger partial charge in [-0.25, -0.2) is 9.97 Å². The molecule has 4 rings (SSSR count). The number of aromatic nitrogens is 2. The molecule has 0 bridgehead atoms. The van der Waals surface area contributed by atoms with E-state index in [1.807, 2.05) is 32.0 Å². The standard InChI is InChI=1S/C25H28N2O3/c1-4-29-19(3)24-26-14-13-22(27-24)15-30-23-11-9-21(10-12-23)25(16-28-17-25)20-7-5-18(2)6-8-20/h5-14,19H,4,15-17H2,1-3H3. The van der Waals surface area contributed by atoms with E-state index in [-0.39, 0.29) is 11.5 Å². The number of hydrogen-bond donors (Lipinski definition) is 0. The number of nitrogens with zero attached hydrogens (tertiary/aromatic N) is 2. The first-order valence-electron chi connectivity index (χ1n) is 10.4. The van der Waals surface area contributed by atoms with E-state index in [0.717, 1.165) is 11.4 Å². The molecule has 0 N–H and O–H groups in total. The molecule has 0 aliphatic carbocycles. The van der Waals surface area contributed by atoms with Crippen molar-refractivity contribution < 1.29 is 14.2 Å². The predicted molar refractivity (Wildman–Crippen MR) is 116 cm³/mol. The lowest BCUT2D eigenvalue weighted by Crippen LogP contribution is -2.47. The molecule has 1 fully saturated rings. The fourth-order valence-corrected chi connectivity index (χ4v) is 3.72. The molecule has 1 atom stereocenters. The minimum absolute atomic E-state index is 0.0663. The monoisotopic (exact) mass is 404 g/mol. The molecule has 1 aliphatic rings. The van der Waals surface area contributed by atoms with E-state index >= 15 is 0 Å². The molecule has 2 aromatic carbocycles. The van der Waals surface area contributed by atoms with Crippen LogP contribution in [0.3, 0.4) is 0 Å². The summed E-state index contributed by atoms with van der Waals surface area (Å²) in [5.74, 6) is 1.49. The second kappa shape index (κ2) is 8.94. The molecule has 1 saturated heterocycles. The average molecular weight is 405 g/mol. The maximum Gasteiger partial charge on any atom is 0.157 e. The molecule has 30 heavy (non-hydrogen) atoms. The summed E-state index contributed by atoms with van der Waals surface area (Å²) in [4.78, 5) is 8.85. The molecule has 156 valence electrons. The summed E-state index contributed by atoms with van der Waals surface area (Å²) in [6.45, 7) is 8.46. The topological polar surface area (TPSA) is 53.5 Å². The van der Waals surface area contributed by atoms with Crippen molar-refractivity contribution in [3.05, 3.63) is 89.0 Å². The van der Waals surface area contributed by atoms with Crippen LogP contribution >= 0.6 is 0 Å². The smallest absolute Gasteiger partial charge is 0.157 e. The summed E-state index contributed by atoms with van der Waals surface area (Å²) in [7, 11) is 0. The highest BCUT2D eigenvalue weighted by atomic mass is 16.5. The Balaban J connectivity index is 1.44. The van der Waals surface area contributed by atoms with E-state index in [1.54, 1.807) is 6.20 Å². The highest BCUT2D eigenvalue weighted by molar-refractivity contribution is 5.44. The van der Waals surface area contributed by atoms with Crippen molar-refractivity contribution >= 4 is 0 Å². The van der Waals surface area contributed by atoms with Crippen LogP contribution in [0.1, 0.15) is 48.2 Å². The van der Waals surface area contributed by atoms with Crippen molar-refractivity contribution in [3.63, 3.8) is 0 Å². The fourth-order valence-electron chi connectivity index (χ4n) is 3.72. The molecule has 0 saturated carbocycles. The van der Waals surface area contributed by atoms with E-state index < -0.39 is 0 Å². The number of rotatable bonds is 8. The van der Waals surface area contributed by atoms with Gasteiger partial charge in [0.05, 0.1) is 24.3 Å². The summed E-state index contributed by atoms with van der Waals surface area (Å²) in [6.07, 6.45) is 1.62. The van der Waals surface area contributed by atoms with Crippen LogP contribution in [0.15, 0.2) is 60.8 Å². The summed E-state index contributed by atoms with van der Waals surface area (Å²) in [6, 6.07) is 18.9. The predicted octanol–water partition coefficient (Wildman–Crippen LogP) is 4.78. The molecule has 5 nitrogen and oxygen atoms in total. The maximum absolute atomic E-state index is 5.97. The third-order valence-corrected chi connectivity index (χ3v) is 5.61. The maximum atomic E-state index is 5.97. The van der Waals surface area contributed by atoms with E-state index in [9.17, 15) is 0 Å².